The predicted molar refractivity (Wildman–Crippen MR) is 78.9 cm³/mol. The maximum Gasteiger partial charge on any atom is 0.272 e. The standard InChI is InChI=1S/C15H17F2N3O/c1-3-18-12-8-13(15(21)20(2)9-14(16)17)19-11-7-5-4-6-10(11)12/h4-8,14H,3,9H2,1-2H3,(H,18,19). The van der Waals surface area contributed by atoms with E-state index in [0.717, 1.165) is 16.0 Å². The highest BCUT2D eigenvalue weighted by molar-refractivity contribution is 5.99. The van der Waals surface area contributed by atoms with Crippen LogP contribution >= 0.6 is 0 Å². The zero-order valence-electron chi connectivity index (χ0n) is 11.9. The van der Waals surface area contributed by atoms with E-state index >= 15 is 0 Å². The number of para-hydroxylation sites is 1. The third-order valence-electron chi connectivity index (χ3n) is 3.06. The van der Waals surface area contributed by atoms with E-state index in [-0.39, 0.29) is 5.69 Å². The summed E-state index contributed by atoms with van der Waals surface area (Å²) >= 11 is 0. The number of nitrogens with one attached hydrogen (secondary N) is 1. The predicted octanol–water partition coefficient (Wildman–Crippen LogP) is 3.00. The number of anilines is 1. The smallest absolute Gasteiger partial charge is 0.272 e. The molecule has 0 saturated heterocycles. The van der Waals surface area contributed by atoms with Crippen molar-refractivity contribution in [1.29, 1.82) is 0 Å². The third kappa shape index (κ3) is 3.45. The van der Waals surface area contributed by atoms with Crippen LogP contribution in [0.2, 0.25) is 0 Å². The SMILES string of the molecule is CCNc1cc(C(=O)N(C)CC(F)F)nc2ccccc12. The number of fused-ring (bicyclic) bond motifs is 1. The molecule has 1 aromatic heterocycles. The molecule has 0 aliphatic rings. The third-order valence-corrected chi connectivity index (χ3v) is 3.06. The summed E-state index contributed by atoms with van der Waals surface area (Å²) in [7, 11) is 1.35. The van der Waals surface area contributed by atoms with E-state index in [2.05, 4.69) is 10.3 Å². The molecule has 1 aromatic carbocycles. The minimum atomic E-state index is -2.56. The molecule has 0 radical (unpaired) electrons. The Kier molecular flexibility index (Phi) is 4.67. The number of pyridine rings is 1. The quantitative estimate of drug-likeness (QED) is 0.921. The van der Waals surface area contributed by atoms with Crippen molar-refractivity contribution in [1.82, 2.24) is 9.88 Å². The van der Waals surface area contributed by atoms with Gasteiger partial charge in [0.25, 0.3) is 12.3 Å². The molecule has 0 spiro atoms. The van der Waals surface area contributed by atoms with E-state index in [1.54, 1.807) is 12.1 Å². The summed E-state index contributed by atoms with van der Waals surface area (Å²) in [6.07, 6.45) is -2.56. The van der Waals surface area contributed by atoms with Crippen LogP contribution in [0, 0.1) is 0 Å². The number of aromatic nitrogens is 1. The Morgan fingerprint density at radius 3 is 2.76 bits per heavy atom. The Morgan fingerprint density at radius 2 is 2.10 bits per heavy atom. The lowest BCUT2D eigenvalue weighted by Gasteiger charge is -2.17. The first-order valence-electron chi connectivity index (χ1n) is 6.70. The van der Waals surface area contributed by atoms with Crippen molar-refractivity contribution in [3.05, 3.63) is 36.0 Å². The normalized spacial score (nSPS) is 10.9. The lowest BCUT2D eigenvalue weighted by atomic mass is 10.1. The summed E-state index contributed by atoms with van der Waals surface area (Å²) in [5.41, 5.74) is 1.59. The van der Waals surface area contributed by atoms with Gasteiger partial charge in [0.1, 0.15) is 5.69 Å². The molecule has 0 saturated carbocycles. The number of carbonyl (C=O) groups is 1. The number of amides is 1. The fourth-order valence-electron chi connectivity index (χ4n) is 2.11. The fraction of sp³-hybridized carbons (Fsp3) is 0.333. The minimum Gasteiger partial charge on any atom is -0.385 e. The molecular weight excluding hydrogens is 276 g/mol. The Hall–Kier alpha value is -2.24. The fourth-order valence-corrected chi connectivity index (χ4v) is 2.11. The van der Waals surface area contributed by atoms with Crippen molar-refractivity contribution in [2.45, 2.75) is 13.3 Å². The number of carbonyl (C=O) groups excluding carboxylic acids is 1. The highest BCUT2D eigenvalue weighted by atomic mass is 19.3. The van der Waals surface area contributed by atoms with Crippen LogP contribution in [0.5, 0.6) is 0 Å². The van der Waals surface area contributed by atoms with Gasteiger partial charge in [0.2, 0.25) is 0 Å². The van der Waals surface area contributed by atoms with Crippen molar-refractivity contribution in [2.24, 2.45) is 0 Å². The van der Waals surface area contributed by atoms with Gasteiger partial charge in [-0.3, -0.25) is 4.79 Å². The molecule has 0 fully saturated rings. The second-order valence-corrected chi connectivity index (χ2v) is 4.68. The summed E-state index contributed by atoms with van der Waals surface area (Å²) in [5.74, 6) is -0.514. The summed E-state index contributed by atoms with van der Waals surface area (Å²) in [6.45, 7) is 2.03. The van der Waals surface area contributed by atoms with Crippen molar-refractivity contribution >= 4 is 22.5 Å². The average molecular weight is 293 g/mol. The maximum atomic E-state index is 12.4. The number of hydrogen-bond acceptors (Lipinski definition) is 3. The Labute approximate surface area is 121 Å². The summed E-state index contributed by atoms with van der Waals surface area (Å²) < 4.78 is 24.8. The molecule has 112 valence electrons. The van der Waals surface area contributed by atoms with Gasteiger partial charge in [0, 0.05) is 24.7 Å². The van der Waals surface area contributed by atoms with Crippen LogP contribution in [0.3, 0.4) is 0 Å². The molecule has 0 unspecified atom stereocenters. The molecule has 0 aliphatic heterocycles. The van der Waals surface area contributed by atoms with Gasteiger partial charge < -0.3 is 10.2 Å². The number of hydrogen-bond donors (Lipinski definition) is 1. The minimum absolute atomic E-state index is 0.160. The van der Waals surface area contributed by atoms with E-state index in [1.807, 2.05) is 25.1 Å². The van der Waals surface area contributed by atoms with Gasteiger partial charge in [0.05, 0.1) is 12.1 Å². The molecular formula is C15H17F2N3O. The average Bonchev–Trinajstić information content (AvgIpc) is 2.46. The molecule has 0 aliphatic carbocycles. The first-order chi connectivity index (χ1) is 10.0. The van der Waals surface area contributed by atoms with Gasteiger partial charge in [-0.15, -0.1) is 0 Å². The van der Waals surface area contributed by atoms with Crippen molar-refractivity contribution in [3.8, 4) is 0 Å². The largest absolute Gasteiger partial charge is 0.385 e. The molecule has 0 atom stereocenters. The lowest BCUT2D eigenvalue weighted by Crippen LogP contribution is -2.31. The van der Waals surface area contributed by atoms with E-state index < -0.39 is 18.9 Å². The topological polar surface area (TPSA) is 45.2 Å². The molecule has 2 rings (SSSR count). The molecule has 1 amide bonds. The molecule has 1 heterocycles. The van der Waals surface area contributed by atoms with Gasteiger partial charge >= 0.3 is 0 Å². The Balaban J connectivity index is 2.42. The Bertz CT molecular complexity index is 646. The van der Waals surface area contributed by atoms with E-state index in [1.165, 1.54) is 7.05 Å². The molecule has 4 nitrogen and oxygen atoms in total. The summed E-state index contributed by atoms with van der Waals surface area (Å²) in [5, 5.41) is 4.06. The molecule has 6 heteroatoms. The van der Waals surface area contributed by atoms with E-state index in [0.29, 0.717) is 12.1 Å². The number of benzene rings is 1. The number of rotatable bonds is 5. The van der Waals surface area contributed by atoms with Crippen LogP contribution in [0.15, 0.2) is 30.3 Å². The number of halogens is 2. The number of nitrogens with zero attached hydrogens (tertiary/aromatic N) is 2. The molecule has 2 aromatic rings. The first-order valence-corrected chi connectivity index (χ1v) is 6.70. The zero-order chi connectivity index (χ0) is 15.4. The highest BCUT2D eigenvalue weighted by Gasteiger charge is 2.18. The second kappa shape index (κ2) is 6.47. The van der Waals surface area contributed by atoms with Crippen LogP contribution in [-0.4, -0.2) is 42.4 Å². The lowest BCUT2D eigenvalue weighted by molar-refractivity contribution is 0.0615. The van der Waals surface area contributed by atoms with Crippen LogP contribution in [0.25, 0.3) is 10.9 Å². The summed E-state index contributed by atoms with van der Waals surface area (Å²) in [6, 6.07) is 9.01. The van der Waals surface area contributed by atoms with Crippen LogP contribution in [-0.2, 0) is 0 Å². The van der Waals surface area contributed by atoms with Gasteiger partial charge in [0.15, 0.2) is 0 Å². The maximum absolute atomic E-state index is 12.4. The van der Waals surface area contributed by atoms with Gasteiger partial charge in [-0.05, 0) is 19.1 Å². The highest BCUT2D eigenvalue weighted by Crippen LogP contribution is 2.23. The molecule has 1 N–H and O–H groups in total. The van der Waals surface area contributed by atoms with E-state index in [4.69, 9.17) is 0 Å². The Morgan fingerprint density at radius 1 is 1.38 bits per heavy atom. The second-order valence-electron chi connectivity index (χ2n) is 4.68. The van der Waals surface area contributed by atoms with Crippen LogP contribution < -0.4 is 5.32 Å². The molecule has 21 heavy (non-hydrogen) atoms. The summed E-state index contributed by atoms with van der Waals surface area (Å²) in [4.78, 5) is 17.4. The number of alkyl halides is 2. The van der Waals surface area contributed by atoms with Crippen LogP contribution in [0.1, 0.15) is 17.4 Å². The zero-order valence-corrected chi connectivity index (χ0v) is 11.9. The van der Waals surface area contributed by atoms with Crippen molar-refractivity contribution in [3.63, 3.8) is 0 Å². The first kappa shape index (κ1) is 15.2. The van der Waals surface area contributed by atoms with Gasteiger partial charge in [-0.2, -0.15) is 0 Å². The van der Waals surface area contributed by atoms with Gasteiger partial charge in [-0.1, -0.05) is 18.2 Å². The van der Waals surface area contributed by atoms with Gasteiger partial charge in [-0.25, -0.2) is 13.8 Å². The van der Waals surface area contributed by atoms with Crippen LogP contribution in [0.4, 0.5) is 14.5 Å². The molecule has 0 bridgehead atoms. The van der Waals surface area contributed by atoms with Crippen molar-refractivity contribution < 1.29 is 13.6 Å². The monoisotopic (exact) mass is 293 g/mol. The van der Waals surface area contributed by atoms with E-state index in [9.17, 15) is 13.6 Å². The van der Waals surface area contributed by atoms with Crippen molar-refractivity contribution in [2.75, 3.05) is 25.5 Å².